The van der Waals surface area contributed by atoms with Crippen LogP contribution in [0.5, 0.6) is 0 Å². The van der Waals surface area contributed by atoms with Gasteiger partial charge in [0.15, 0.2) is 5.78 Å². The smallest absolute Gasteiger partial charge is 0.229 e. The van der Waals surface area contributed by atoms with Crippen LogP contribution in [-0.2, 0) is 6.42 Å². The number of anilines is 4. The third kappa shape index (κ3) is 4.10. The zero-order valence-electron chi connectivity index (χ0n) is 16.7. The van der Waals surface area contributed by atoms with Crippen LogP contribution in [-0.4, -0.2) is 15.8 Å². The second-order valence-corrected chi connectivity index (χ2v) is 8.09. The summed E-state index contributed by atoms with van der Waals surface area (Å²) in [4.78, 5) is 22.1. The quantitative estimate of drug-likeness (QED) is 0.556. The van der Waals surface area contributed by atoms with Crippen molar-refractivity contribution in [3.05, 3.63) is 69.9 Å². The fourth-order valence-electron chi connectivity index (χ4n) is 3.55. The molecule has 5 nitrogen and oxygen atoms in total. The highest BCUT2D eigenvalue weighted by atomic mass is 35.5. The monoisotopic (exact) mass is 406 g/mol. The molecule has 1 aliphatic rings. The standard InChI is InChI=1S/C23H23ClN4O/c1-13-7-9-16(10-8-13)25-23-27-19-11-14(2)12-20(29)21(19)22(28-23)26-18-6-4-5-17(24)15(18)3/h4-10,14H,11-12H2,1-3H3,(H2,25,26,27,28). The third-order valence-electron chi connectivity index (χ3n) is 5.17. The molecule has 2 N–H and O–H groups in total. The van der Waals surface area contributed by atoms with Crippen LogP contribution in [0.15, 0.2) is 42.5 Å². The number of carbonyl (C=O) groups excluding carboxylic acids is 1. The van der Waals surface area contributed by atoms with Crippen LogP contribution in [0.2, 0.25) is 5.02 Å². The van der Waals surface area contributed by atoms with E-state index in [2.05, 4.69) is 27.5 Å². The Balaban J connectivity index is 1.77. The Labute approximate surface area is 175 Å². The number of benzene rings is 2. The summed E-state index contributed by atoms with van der Waals surface area (Å²) >= 11 is 6.27. The molecule has 29 heavy (non-hydrogen) atoms. The molecular formula is C23H23ClN4O. The minimum absolute atomic E-state index is 0.0721. The summed E-state index contributed by atoms with van der Waals surface area (Å²) in [7, 11) is 0. The lowest BCUT2D eigenvalue weighted by atomic mass is 9.87. The summed E-state index contributed by atoms with van der Waals surface area (Å²) in [6.07, 6.45) is 1.25. The average molecular weight is 407 g/mol. The van der Waals surface area contributed by atoms with Crippen LogP contribution in [0.4, 0.5) is 23.1 Å². The predicted octanol–water partition coefficient (Wildman–Crippen LogP) is 6.00. The van der Waals surface area contributed by atoms with Gasteiger partial charge in [-0.15, -0.1) is 0 Å². The van der Waals surface area contributed by atoms with E-state index in [1.807, 2.05) is 56.3 Å². The number of nitrogens with zero attached hydrogens (tertiary/aromatic N) is 2. The zero-order chi connectivity index (χ0) is 20.5. The SMILES string of the molecule is Cc1ccc(Nc2nc3c(c(Nc4cccc(Cl)c4C)n2)C(=O)CC(C)C3)cc1. The topological polar surface area (TPSA) is 66.9 Å². The lowest BCUT2D eigenvalue weighted by Crippen LogP contribution is -2.22. The number of hydrogen-bond acceptors (Lipinski definition) is 5. The molecule has 2 aromatic carbocycles. The van der Waals surface area contributed by atoms with Crippen molar-refractivity contribution in [2.24, 2.45) is 5.92 Å². The molecule has 0 saturated heterocycles. The highest BCUT2D eigenvalue weighted by Gasteiger charge is 2.28. The number of hydrogen-bond donors (Lipinski definition) is 2. The molecule has 1 aliphatic carbocycles. The number of aryl methyl sites for hydroxylation is 1. The Kier molecular flexibility index (Phi) is 5.24. The first-order chi connectivity index (χ1) is 13.9. The summed E-state index contributed by atoms with van der Waals surface area (Å²) in [6, 6.07) is 13.7. The van der Waals surface area contributed by atoms with Crippen molar-refractivity contribution >= 4 is 40.5 Å². The van der Waals surface area contributed by atoms with Gasteiger partial charge in [-0.3, -0.25) is 4.79 Å². The normalized spacial score (nSPS) is 15.7. The van der Waals surface area contributed by atoms with Gasteiger partial charge in [-0.1, -0.05) is 42.3 Å². The highest BCUT2D eigenvalue weighted by Crippen LogP contribution is 2.33. The van der Waals surface area contributed by atoms with Crippen LogP contribution in [0.25, 0.3) is 0 Å². The summed E-state index contributed by atoms with van der Waals surface area (Å²) in [5, 5.41) is 7.25. The molecule has 1 unspecified atom stereocenters. The van der Waals surface area contributed by atoms with Gasteiger partial charge in [0.2, 0.25) is 5.95 Å². The molecule has 3 aromatic rings. The number of carbonyl (C=O) groups is 1. The Hall–Kier alpha value is -2.92. The summed E-state index contributed by atoms with van der Waals surface area (Å²) in [5.74, 6) is 1.32. The van der Waals surface area contributed by atoms with E-state index in [4.69, 9.17) is 11.6 Å². The van der Waals surface area contributed by atoms with Gasteiger partial charge in [0.05, 0.1) is 11.3 Å². The van der Waals surface area contributed by atoms with E-state index < -0.39 is 0 Å². The van der Waals surface area contributed by atoms with Gasteiger partial charge in [0.1, 0.15) is 5.82 Å². The van der Waals surface area contributed by atoms with Crippen molar-refractivity contribution in [1.29, 1.82) is 0 Å². The summed E-state index contributed by atoms with van der Waals surface area (Å²) < 4.78 is 0. The minimum atomic E-state index is 0.0721. The number of fused-ring (bicyclic) bond motifs is 1. The van der Waals surface area contributed by atoms with Gasteiger partial charge in [-0.2, -0.15) is 4.98 Å². The van der Waals surface area contributed by atoms with Crippen molar-refractivity contribution in [3.63, 3.8) is 0 Å². The lowest BCUT2D eigenvalue weighted by molar-refractivity contribution is 0.0953. The van der Waals surface area contributed by atoms with E-state index in [-0.39, 0.29) is 11.7 Å². The van der Waals surface area contributed by atoms with Gasteiger partial charge in [-0.25, -0.2) is 4.98 Å². The van der Waals surface area contributed by atoms with E-state index in [9.17, 15) is 4.79 Å². The first kappa shape index (κ1) is 19.4. The number of Topliss-reactive ketones (excluding diaryl/α,β-unsaturated/α-hetero) is 1. The van der Waals surface area contributed by atoms with Crippen molar-refractivity contribution < 1.29 is 4.79 Å². The maximum Gasteiger partial charge on any atom is 0.229 e. The maximum absolute atomic E-state index is 12.8. The lowest BCUT2D eigenvalue weighted by Gasteiger charge is -2.23. The van der Waals surface area contributed by atoms with Crippen LogP contribution >= 0.6 is 11.6 Å². The third-order valence-corrected chi connectivity index (χ3v) is 5.58. The largest absolute Gasteiger partial charge is 0.339 e. The predicted molar refractivity (Wildman–Crippen MR) is 118 cm³/mol. The van der Waals surface area contributed by atoms with E-state index in [0.29, 0.717) is 28.8 Å². The van der Waals surface area contributed by atoms with Gasteiger partial charge in [-0.05, 0) is 56.0 Å². The molecule has 1 aromatic heterocycles. The zero-order valence-corrected chi connectivity index (χ0v) is 17.5. The molecule has 6 heteroatoms. The van der Waals surface area contributed by atoms with Gasteiger partial charge < -0.3 is 10.6 Å². The molecule has 0 spiro atoms. The summed E-state index contributed by atoms with van der Waals surface area (Å²) in [5.41, 5.74) is 5.17. The molecule has 1 atom stereocenters. The second-order valence-electron chi connectivity index (χ2n) is 7.68. The van der Waals surface area contributed by atoms with Gasteiger partial charge in [0, 0.05) is 22.8 Å². The molecule has 148 valence electrons. The number of nitrogens with one attached hydrogen (secondary N) is 2. The summed E-state index contributed by atoms with van der Waals surface area (Å²) in [6.45, 7) is 6.05. The van der Waals surface area contributed by atoms with E-state index in [0.717, 1.165) is 29.1 Å². The van der Waals surface area contributed by atoms with E-state index in [1.54, 1.807) is 0 Å². The fourth-order valence-corrected chi connectivity index (χ4v) is 3.73. The van der Waals surface area contributed by atoms with Crippen LogP contribution in [0, 0.1) is 19.8 Å². The first-order valence-electron chi connectivity index (χ1n) is 9.70. The number of aromatic nitrogens is 2. The second kappa shape index (κ2) is 7.84. The Morgan fingerprint density at radius 2 is 1.76 bits per heavy atom. The molecule has 0 fully saturated rings. The van der Waals surface area contributed by atoms with Gasteiger partial charge in [0.25, 0.3) is 0 Å². The fraction of sp³-hybridized carbons (Fsp3) is 0.261. The van der Waals surface area contributed by atoms with E-state index >= 15 is 0 Å². The molecule has 1 heterocycles. The van der Waals surface area contributed by atoms with Crippen molar-refractivity contribution in [1.82, 2.24) is 9.97 Å². The average Bonchev–Trinajstić information content (AvgIpc) is 2.66. The molecule has 0 aliphatic heterocycles. The van der Waals surface area contributed by atoms with Crippen LogP contribution in [0.1, 0.15) is 40.5 Å². The van der Waals surface area contributed by atoms with Gasteiger partial charge >= 0.3 is 0 Å². The highest BCUT2D eigenvalue weighted by molar-refractivity contribution is 6.31. The molecule has 0 bridgehead atoms. The Morgan fingerprint density at radius 3 is 2.52 bits per heavy atom. The number of halogens is 1. The van der Waals surface area contributed by atoms with Crippen LogP contribution < -0.4 is 10.6 Å². The Bertz CT molecular complexity index is 1080. The molecular weight excluding hydrogens is 384 g/mol. The molecule has 0 amide bonds. The van der Waals surface area contributed by atoms with Crippen molar-refractivity contribution in [2.45, 2.75) is 33.6 Å². The molecule has 0 radical (unpaired) electrons. The molecule has 4 rings (SSSR count). The van der Waals surface area contributed by atoms with Crippen molar-refractivity contribution in [3.8, 4) is 0 Å². The minimum Gasteiger partial charge on any atom is -0.339 e. The Morgan fingerprint density at radius 1 is 1.00 bits per heavy atom. The maximum atomic E-state index is 12.8. The number of ketones is 1. The van der Waals surface area contributed by atoms with Crippen molar-refractivity contribution in [2.75, 3.05) is 10.6 Å². The van der Waals surface area contributed by atoms with Crippen LogP contribution in [0.3, 0.4) is 0 Å². The first-order valence-corrected chi connectivity index (χ1v) is 10.1. The number of rotatable bonds is 4. The molecule has 0 saturated carbocycles. The van der Waals surface area contributed by atoms with E-state index in [1.165, 1.54) is 5.56 Å².